The third-order valence-corrected chi connectivity index (χ3v) is 5.58. The lowest BCUT2D eigenvalue weighted by Gasteiger charge is -2.31. The monoisotopic (exact) mass is 393 g/mol. The third kappa shape index (κ3) is 2.98. The molecule has 6 nitrogen and oxygen atoms in total. The molecule has 1 fully saturated rings. The van der Waals surface area contributed by atoms with Crippen LogP contribution in [0.5, 0.6) is 5.75 Å². The van der Waals surface area contributed by atoms with E-state index in [9.17, 15) is 14.3 Å². The summed E-state index contributed by atoms with van der Waals surface area (Å²) in [5, 5.41) is 11.7. The number of aromatic nitrogens is 1. The largest absolute Gasteiger partial charge is 0.505 e. The highest BCUT2D eigenvalue weighted by molar-refractivity contribution is 6.11. The van der Waals surface area contributed by atoms with Crippen LogP contribution < -0.4 is 4.90 Å². The summed E-state index contributed by atoms with van der Waals surface area (Å²) in [7, 11) is 0. The smallest absolute Gasteiger partial charge is 0.258 e. The van der Waals surface area contributed by atoms with Crippen LogP contribution in [0, 0.1) is 5.82 Å². The van der Waals surface area contributed by atoms with Crippen LogP contribution in [0.1, 0.15) is 21.5 Å². The van der Waals surface area contributed by atoms with Crippen LogP contribution in [0.2, 0.25) is 0 Å². The van der Waals surface area contributed by atoms with Crippen LogP contribution in [-0.4, -0.2) is 47.2 Å². The Bertz CT molecular complexity index is 1090. The van der Waals surface area contributed by atoms with E-state index in [0.717, 1.165) is 22.2 Å². The third-order valence-electron chi connectivity index (χ3n) is 5.58. The van der Waals surface area contributed by atoms with Crippen molar-refractivity contribution in [1.29, 1.82) is 0 Å². The number of nitrogens with zero attached hydrogens (tertiary/aromatic N) is 3. The Balaban J connectivity index is 1.61. The summed E-state index contributed by atoms with van der Waals surface area (Å²) in [5.41, 5.74) is 3.35. The lowest BCUT2D eigenvalue weighted by Crippen LogP contribution is -2.37. The van der Waals surface area contributed by atoms with E-state index in [1.165, 1.54) is 12.1 Å². The molecule has 0 radical (unpaired) electrons. The second-order valence-electron chi connectivity index (χ2n) is 7.34. The summed E-state index contributed by atoms with van der Waals surface area (Å²) in [6.07, 6.45) is 1.62. The number of morpholine rings is 1. The van der Waals surface area contributed by atoms with Crippen LogP contribution in [-0.2, 0) is 17.8 Å². The average molecular weight is 393 g/mol. The summed E-state index contributed by atoms with van der Waals surface area (Å²) >= 11 is 0. The molecule has 0 aliphatic carbocycles. The molecule has 0 saturated carbocycles. The van der Waals surface area contributed by atoms with E-state index in [2.05, 4.69) is 9.88 Å². The summed E-state index contributed by atoms with van der Waals surface area (Å²) in [5.74, 6) is -0.613. The zero-order valence-electron chi connectivity index (χ0n) is 15.8. The predicted octanol–water partition coefficient (Wildman–Crippen LogP) is 3.07. The van der Waals surface area contributed by atoms with Crippen LogP contribution in [0.25, 0.3) is 10.9 Å². The molecule has 2 aromatic carbocycles. The zero-order valence-corrected chi connectivity index (χ0v) is 15.8. The van der Waals surface area contributed by atoms with E-state index < -0.39 is 0 Å². The van der Waals surface area contributed by atoms with Gasteiger partial charge < -0.3 is 19.6 Å². The van der Waals surface area contributed by atoms with Gasteiger partial charge in [0.15, 0.2) is 5.75 Å². The van der Waals surface area contributed by atoms with Gasteiger partial charge in [-0.15, -0.1) is 0 Å². The Morgan fingerprint density at radius 1 is 1.14 bits per heavy atom. The number of hydrogen-bond donors (Lipinski definition) is 1. The molecule has 1 amide bonds. The molecular formula is C22H20FN3O3. The molecule has 1 saturated heterocycles. The number of anilines is 1. The summed E-state index contributed by atoms with van der Waals surface area (Å²) < 4.78 is 18.7. The quantitative estimate of drug-likeness (QED) is 0.741. The van der Waals surface area contributed by atoms with Crippen molar-refractivity contribution in [3.05, 3.63) is 65.1 Å². The molecule has 5 rings (SSSR count). The molecule has 0 spiro atoms. The molecule has 148 valence electrons. The number of pyridine rings is 1. The molecule has 0 unspecified atom stereocenters. The minimum atomic E-state index is -0.311. The summed E-state index contributed by atoms with van der Waals surface area (Å²) in [6.45, 7) is 3.40. The maximum Gasteiger partial charge on any atom is 0.258 e. The van der Waals surface area contributed by atoms with Crippen molar-refractivity contribution in [2.75, 3.05) is 31.2 Å². The van der Waals surface area contributed by atoms with E-state index in [0.29, 0.717) is 50.5 Å². The molecule has 1 aromatic heterocycles. The fourth-order valence-electron chi connectivity index (χ4n) is 4.22. The van der Waals surface area contributed by atoms with Gasteiger partial charge in [0, 0.05) is 43.3 Å². The lowest BCUT2D eigenvalue weighted by atomic mass is 10.00. The Kier molecular flexibility index (Phi) is 4.32. The van der Waals surface area contributed by atoms with Crippen molar-refractivity contribution >= 4 is 22.5 Å². The lowest BCUT2D eigenvalue weighted by molar-refractivity contribution is 0.0764. The number of rotatable bonds is 3. The van der Waals surface area contributed by atoms with Gasteiger partial charge in [0.25, 0.3) is 5.91 Å². The van der Waals surface area contributed by atoms with Crippen LogP contribution >= 0.6 is 0 Å². The molecule has 2 aliphatic heterocycles. The van der Waals surface area contributed by atoms with Gasteiger partial charge >= 0.3 is 0 Å². The molecule has 29 heavy (non-hydrogen) atoms. The molecular weight excluding hydrogens is 373 g/mol. The van der Waals surface area contributed by atoms with E-state index in [1.54, 1.807) is 23.2 Å². The summed E-state index contributed by atoms with van der Waals surface area (Å²) in [4.78, 5) is 21.4. The number of amides is 1. The Morgan fingerprint density at radius 3 is 2.66 bits per heavy atom. The van der Waals surface area contributed by atoms with Crippen LogP contribution in [0.4, 0.5) is 10.1 Å². The molecule has 0 bridgehead atoms. The minimum Gasteiger partial charge on any atom is -0.505 e. The molecule has 2 aliphatic rings. The number of aromatic hydroxyl groups is 1. The highest BCUT2D eigenvalue weighted by Crippen LogP contribution is 2.44. The first kappa shape index (κ1) is 17.9. The van der Waals surface area contributed by atoms with Gasteiger partial charge in [-0.1, -0.05) is 12.1 Å². The number of phenolic OH excluding ortho intramolecular Hbond substituents is 1. The topological polar surface area (TPSA) is 65.9 Å². The number of carbonyl (C=O) groups is 1. The molecule has 7 heteroatoms. The van der Waals surface area contributed by atoms with Gasteiger partial charge in [-0.3, -0.25) is 9.78 Å². The first-order chi connectivity index (χ1) is 14.1. The van der Waals surface area contributed by atoms with E-state index in [4.69, 9.17) is 4.74 Å². The zero-order chi connectivity index (χ0) is 20.0. The number of hydrogen-bond acceptors (Lipinski definition) is 5. The Labute approximate surface area is 167 Å². The van der Waals surface area contributed by atoms with Gasteiger partial charge in [0.05, 0.1) is 24.5 Å². The Morgan fingerprint density at radius 2 is 1.90 bits per heavy atom. The van der Waals surface area contributed by atoms with Crippen LogP contribution in [0.15, 0.2) is 42.6 Å². The summed E-state index contributed by atoms with van der Waals surface area (Å²) in [6, 6.07) is 9.89. The fourth-order valence-corrected chi connectivity index (χ4v) is 4.22. The highest BCUT2D eigenvalue weighted by Gasteiger charge is 2.36. The first-order valence-corrected chi connectivity index (χ1v) is 9.62. The van der Waals surface area contributed by atoms with Gasteiger partial charge in [0.1, 0.15) is 11.3 Å². The second kappa shape index (κ2) is 7.00. The predicted molar refractivity (Wildman–Crippen MR) is 106 cm³/mol. The van der Waals surface area contributed by atoms with Crippen molar-refractivity contribution in [2.45, 2.75) is 13.1 Å². The van der Waals surface area contributed by atoms with Crippen molar-refractivity contribution < 1.29 is 19.0 Å². The highest BCUT2D eigenvalue weighted by atomic mass is 19.1. The van der Waals surface area contributed by atoms with Crippen molar-refractivity contribution in [3.63, 3.8) is 0 Å². The number of phenols is 1. The SMILES string of the molecule is O=C1c2c(c(N3CCOCC3)c3cccnc3c2O)CN1Cc1ccc(F)cc1. The standard InChI is InChI=1S/C22H20FN3O3/c23-15-5-3-14(4-6-15)12-26-13-17-18(22(26)28)21(27)19-16(2-1-7-24-19)20(17)25-8-10-29-11-9-25/h1-7,27H,8-13H2. The normalized spacial score (nSPS) is 16.5. The maximum atomic E-state index is 13.2. The minimum absolute atomic E-state index is 0.0702. The van der Waals surface area contributed by atoms with Gasteiger partial charge in [0.2, 0.25) is 0 Å². The first-order valence-electron chi connectivity index (χ1n) is 9.62. The van der Waals surface area contributed by atoms with E-state index in [-0.39, 0.29) is 17.5 Å². The number of fused-ring (bicyclic) bond motifs is 2. The molecule has 3 heterocycles. The van der Waals surface area contributed by atoms with Crippen LogP contribution in [0.3, 0.4) is 0 Å². The van der Waals surface area contributed by atoms with Gasteiger partial charge in [-0.05, 0) is 29.8 Å². The van der Waals surface area contributed by atoms with Gasteiger partial charge in [-0.2, -0.15) is 0 Å². The van der Waals surface area contributed by atoms with E-state index >= 15 is 0 Å². The maximum absolute atomic E-state index is 13.2. The number of ether oxygens (including phenoxy) is 1. The molecule has 0 atom stereocenters. The van der Waals surface area contributed by atoms with Gasteiger partial charge in [-0.25, -0.2) is 4.39 Å². The Hall–Kier alpha value is -3.19. The number of carbonyl (C=O) groups excluding carboxylic acids is 1. The van der Waals surface area contributed by atoms with E-state index in [1.807, 2.05) is 12.1 Å². The molecule has 3 aromatic rings. The average Bonchev–Trinajstić information content (AvgIpc) is 3.07. The second-order valence-corrected chi connectivity index (χ2v) is 7.34. The number of halogens is 1. The van der Waals surface area contributed by atoms with Crippen molar-refractivity contribution in [2.24, 2.45) is 0 Å². The number of benzene rings is 2. The molecule has 1 N–H and O–H groups in total. The van der Waals surface area contributed by atoms with Crippen molar-refractivity contribution in [1.82, 2.24) is 9.88 Å². The fraction of sp³-hybridized carbons (Fsp3) is 0.273. The van der Waals surface area contributed by atoms with Crippen molar-refractivity contribution in [3.8, 4) is 5.75 Å².